The van der Waals surface area contributed by atoms with Crippen molar-refractivity contribution in [2.24, 2.45) is 21.1 Å². The number of benzene rings is 5. The van der Waals surface area contributed by atoms with E-state index in [9.17, 15) is 29.2 Å². The molecule has 12 aliphatic rings. The summed E-state index contributed by atoms with van der Waals surface area (Å²) in [6, 6.07) is 42.7. The maximum atomic E-state index is 12.4. The van der Waals surface area contributed by atoms with Gasteiger partial charge in [-0.3, -0.25) is 56.7 Å². The molecule has 0 aliphatic carbocycles. The van der Waals surface area contributed by atoms with Crippen molar-refractivity contribution in [3.05, 3.63) is 230 Å². The molecule has 0 N–H and O–H groups in total. The second kappa shape index (κ2) is 42.6. The number of carbonyl (C=O) groups is 5. The standard InChI is InChI=1S/C31H34N6O2.C28H33N7O2.C28H35N7O2.C28H33N5O3/c1-21(38)35-12-10-30-28(19-35)31(33-37(30)27-11-13-39-20-27)36-18-25(22-6-4-3-5-7-22)15-24-14-23(8-9-29(24)36)26-16-32-34(2)17-26;1-18-24(16-30-32(18)3)23-13-20-5-4-9-34(27(20)14-21(23)15-29)28-25-17-33(19(2)36)10-6-26(25)35(31-28)22-7-11-37-12-8-22;1-19(36)32-12-8-24(9-13-32)35-27-10-14-33(20(2)37)18-25(27)28(30-35)34-11-4-5-22-15-21(6-7-26(22)34)23-16-29-31(3)17-23;1-3-36-27-9-7-22(16-29-27)20-6-8-25-21(15-20)5-4-12-32(25)28-24-17-31(19(2)34)13-10-26(24)33(30-28)23-11-14-35-18-23/h3-9,14,16-17,25,27H,10-13,15,18-20H2,1-2H3;13-14,16,22H,4-12,17H2,1-3H3;6-7,15-17,24H,4-5,8-14,18H2,1-3H3;6-9,15-16,23H,3-5,10-14,17-18H2,1-2H3/t25-,27+;;;23-/m1..0/s1. The van der Waals surface area contributed by atoms with Crippen LogP contribution in [0.15, 0.2) is 146 Å². The third-order valence-electron chi connectivity index (χ3n) is 32.7. The zero-order chi connectivity index (χ0) is 103. The number of nitriles is 1. The maximum absolute atomic E-state index is 12.4. The van der Waals surface area contributed by atoms with Gasteiger partial charge in [0.1, 0.15) is 0 Å². The topological polar surface area (TPSA) is 313 Å². The quantitative estimate of drug-likeness (QED) is 0.0920. The molecular formula is C115H135N25O9. The van der Waals surface area contributed by atoms with Crippen molar-refractivity contribution in [3.8, 4) is 56.5 Å². The summed E-state index contributed by atoms with van der Waals surface area (Å²) in [4.78, 5) is 84.7. The Labute approximate surface area is 870 Å². The third kappa shape index (κ3) is 19.9. The van der Waals surface area contributed by atoms with Gasteiger partial charge in [0.25, 0.3) is 0 Å². The summed E-state index contributed by atoms with van der Waals surface area (Å²) in [6.07, 6.45) is 27.7. The van der Waals surface area contributed by atoms with Gasteiger partial charge in [0.15, 0.2) is 23.3 Å². The van der Waals surface area contributed by atoms with Gasteiger partial charge in [-0.05, 0) is 196 Å². The van der Waals surface area contributed by atoms with E-state index >= 15 is 0 Å². The van der Waals surface area contributed by atoms with E-state index in [0.717, 1.165) is 275 Å². The Kier molecular flexibility index (Phi) is 28.3. The molecule has 3 atom stereocenters. The molecule has 25 rings (SSSR count). The van der Waals surface area contributed by atoms with Gasteiger partial charge in [-0.25, -0.2) is 4.98 Å². The number of likely N-dealkylation sites (tertiary alicyclic amines) is 1. The molecule has 12 aliphatic heterocycles. The molecule has 0 radical (unpaired) electrons. The summed E-state index contributed by atoms with van der Waals surface area (Å²) in [5.74, 6) is 5.48. The Morgan fingerprint density at radius 2 is 0.819 bits per heavy atom. The van der Waals surface area contributed by atoms with Gasteiger partial charge >= 0.3 is 0 Å². The molecule has 149 heavy (non-hydrogen) atoms. The molecular weight excluding hydrogens is 1880 g/mol. The minimum Gasteiger partial charge on any atom is -0.478 e. The fourth-order valence-corrected chi connectivity index (χ4v) is 24.5. The van der Waals surface area contributed by atoms with Gasteiger partial charge in [-0.1, -0.05) is 48.5 Å². The van der Waals surface area contributed by atoms with Crippen molar-refractivity contribution in [2.45, 2.75) is 214 Å². The number of hydrogen-bond acceptors (Lipinski definition) is 22. The number of fused-ring (bicyclic) bond motifs is 8. The summed E-state index contributed by atoms with van der Waals surface area (Å²) >= 11 is 0. The first-order valence-corrected chi connectivity index (χ1v) is 53.6. The van der Waals surface area contributed by atoms with Gasteiger partial charge in [0.2, 0.25) is 35.4 Å². The fraction of sp³-hybridized carbons (Fsp3) is 0.461. The van der Waals surface area contributed by atoms with Gasteiger partial charge in [0.05, 0.1) is 100 Å². The van der Waals surface area contributed by atoms with Crippen LogP contribution in [0.2, 0.25) is 0 Å². The van der Waals surface area contributed by atoms with Crippen LogP contribution < -0.4 is 24.3 Å². The number of rotatable bonds is 15. The average molecular weight is 2010 g/mol. The highest BCUT2D eigenvalue weighted by Crippen LogP contribution is 2.50. The molecule has 0 spiro atoms. The fourth-order valence-electron chi connectivity index (χ4n) is 24.5. The Bertz CT molecular complexity index is 7230. The van der Waals surface area contributed by atoms with E-state index in [-0.39, 0.29) is 47.7 Å². The van der Waals surface area contributed by atoms with Crippen LogP contribution in [0.1, 0.15) is 214 Å². The van der Waals surface area contributed by atoms with Crippen molar-refractivity contribution >= 4 is 75.6 Å². The number of piperidine rings is 1. The first kappa shape index (κ1) is 99.1. The molecule has 5 aromatic carbocycles. The van der Waals surface area contributed by atoms with Gasteiger partial charge in [-0.2, -0.15) is 41.0 Å². The summed E-state index contributed by atoms with van der Waals surface area (Å²) in [7, 11) is 5.82. The molecule has 774 valence electrons. The van der Waals surface area contributed by atoms with Crippen LogP contribution in [0.4, 0.5) is 46.0 Å². The number of pyridine rings is 1. The lowest BCUT2D eigenvalue weighted by Crippen LogP contribution is -2.39. The van der Waals surface area contributed by atoms with Crippen molar-refractivity contribution < 1.29 is 42.9 Å². The van der Waals surface area contributed by atoms with Crippen LogP contribution in [0, 0.1) is 18.3 Å². The third-order valence-corrected chi connectivity index (χ3v) is 32.7. The normalized spacial score (nSPS) is 19.0. The number of aryl methyl sites for hydroxylation is 6. The number of hydrogen-bond donors (Lipinski definition) is 0. The van der Waals surface area contributed by atoms with Crippen LogP contribution in [0.25, 0.3) is 44.5 Å². The molecule has 0 saturated carbocycles. The van der Waals surface area contributed by atoms with Crippen LogP contribution in [0.5, 0.6) is 5.88 Å². The number of aromatic nitrogens is 15. The highest BCUT2D eigenvalue weighted by atomic mass is 16.5. The lowest BCUT2D eigenvalue weighted by molar-refractivity contribution is -0.130. The van der Waals surface area contributed by atoms with E-state index in [2.05, 4.69) is 168 Å². The summed E-state index contributed by atoms with van der Waals surface area (Å²) < 4.78 is 37.0. The minimum atomic E-state index is 0.0951. The van der Waals surface area contributed by atoms with E-state index < -0.39 is 0 Å². The first-order valence-electron chi connectivity index (χ1n) is 53.6. The average Bonchev–Trinajstić information content (AvgIpc) is 1.61. The zero-order valence-corrected chi connectivity index (χ0v) is 87.5. The van der Waals surface area contributed by atoms with E-state index in [1.165, 1.54) is 95.5 Å². The molecule has 4 saturated heterocycles. The SMILES string of the molecule is CC(=O)N1CCC(n2nc(N3CCCc4cc(-c5cnn(C)c5)ccc43)c3c2CCN(C(C)=O)C3)CC1.CC(=O)N1CCc2c(c(N3CCCc4cc(-c5cnn(C)c5C)c(C#N)cc43)nn2C2CCOCC2)C1.CC(=O)N1CCc2c(c(N3C[C@H](c4ccccc4)Cc4cc(-c5cnn(C)c5)ccc43)nn2[C@H]2CCOC2)C1.CCOc1ccc(-c2ccc3c(c2)CCCN3c2nn([C@H]3CCOC3)c3c2CN(C(C)=O)CC3)cn1. The van der Waals surface area contributed by atoms with Crippen LogP contribution >= 0.6 is 0 Å². The van der Waals surface area contributed by atoms with E-state index in [1.807, 2.05) is 117 Å². The predicted molar refractivity (Wildman–Crippen MR) is 569 cm³/mol. The predicted octanol–water partition coefficient (Wildman–Crippen LogP) is 16.2. The Hall–Kier alpha value is -14.6. The van der Waals surface area contributed by atoms with Gasteiger partial charge < -0.3 is 63.0 Å². The number of nitrogens with zero attached hydrogens (tertiary/aromatic N) is 25. The number of carbonyl (C=O) groups excluding carboxylic acids is 5. The minimum absolute atomic E-state index is 0.0951. The highest BCUT2D eigenvalue weighted by Gasteiger charge is 2.42. The van der Waals surface area contributed by atoms with Crippen molar-refractivity contribution in [2.75, 3.05) is 131 Å². The lowest BCUT2D eigenvalue weighted by Gasteiger charge is -2.37. The molecule has 8 aromatic heterocycles. The molecule has 5 amide bonds. The second-order valence-electron chi connectivity index (χ2n) is 41.9. The zero-order valence-electron chi connectivity index (χ0n) is 87.5. The first-order chi connectivity index (χ1) is 72.5. The molecule has 34 heteroatoms. The van der Waals surface area contributed by atoms with E-state index in [1.54, 1.807) is 34.6 Å². The van der Waals surface area contributed by atoms with E-state index in [4.69, 9.17) is 39.3 Å². The molecule has 20 heterocycles. The largest absolute Gasteiger partial charge is 0.478 e. The van der Waals surface area contributed by atoms with Crippen molar-refractivity contribution in [1.82, 2.24) is 97.9 Å². The number of amides is 5. The Morgan fingerprint density at radius 3 is 1.23 bits per heavy atom. The monoisotopic (exact) mass is 2010 g/mol. The summed E-state index contributed by atoms with van der Waals surface area (Å²) in [5.41, 5.74) is 31.3. The maximum Gasteiger partial charge on any atom is 0.219 e. The van der Waals surface area contributed by atoms with Gasteiger partial charge in [-0.15, -0.1) is 0 Å². The highest BCUT2D eigenvalue weighted by molar-refractivity contribution is 5.84. The summed E-state index contributed by atoms with van der Waals surface area (Å²) in [5, 5.41) is 44.3. The van der Waals surface area contributed by atoms with Crippen LogP contribution in [-0.4, -0.2) is 239 Å². The smallest absolute Gasteiger partial charge is 0.219 e. The van der Waals surface area contributed by atoms with E-state index in [0.29, 0.717) is 69.4 Å². The molecule has 4 fully saturated rings. The van der Waals surface area contributed by atoms with Crippen molar-refractivity contribution in [1.29, 1.82) is 5.26 Å². The van der Waals surface area contributed by atoms with Crippen LogP contribution in [0.3, 0.4) is 0 Å². The number of ether oxygens (including phenoxy) is 4. The Balaban J connectivity index is 0.000000112. The lowest BCUT2D eigenvalue weighted by atomic mass is 9.86. The Morgan fingerprint density at radius 1 is 0.403 bits per heavy atom. The molecule has 0 bridgehead atoms. The number of anilines is 8. The van der Waals surface area contributed by atoms with Crippen LogP contribution in [-0.2, 0) is 137 Å². The van der Waals surface area contributed by atoms with Crippen molar-refractivity contribution in [3.63, 3.8) is 0 Å². The molecule has 0 unspecified atom stereocenters. The molecule has 34 nitrogen and oxygen atoms in total. The summed E-state index contributed by atoms with van der Waals surface area (Å²) in [6.45, 7) is 27.7. The molecule has 13 aromatic rings. The van der Waals surface area contributed by atoms with Gasteiger partial charge in [0, 0.05) is 305 Å². The second-order valence-corrected chi connectivity index (χ2v) is 41.9.